The van der Waals surface area contributed by atoms with Gasteiger partial charge in [-0.15, -0.1) is 0 Å². The van der Waals surface area contributed by atoms with Gasteiger partial charge in [-0.05, 0) is 31.1 Å². The molecule has 80 valence electrons. The zero-order chi connectivity index (χ0) is 10.2. The van der Waals surface area contributed by atoms with E-state index in [-0.39, 0.29) is 5.91 Å². The minimum absolute atomic E-state index is 0.251. The van der Waals surface area contributed by atoms with Crippen molar-refractivity contribution in [3.05, 3.63) is 0 Å². The first-order valence-electron chi connectivity index (χ1n) is 5.53. The van der Waals surface area contributed by atoms with E-state index in [1.807, 2.05) is 0 Å². The van der Waals surface area contributed by atoms with Gasteiger partial charge in [0.15, 0.2) is 0 Å². The zero-order valence-corrected chi connectivity index (χ0v) is 10.3. The van der Waals surface area contributed by atoms with Crippen LogP contribution < -0.4 is 5.32 Å². The molecule has 0 spiro atoms. The Morgan fingerprint density at radius 1 is 1.50 bits per heavy atom. The lowest BCUT2D eigenvalue weighted by Crippen LogP contribution is -2.38. The summed E-state index contributed by atoms with van der Waals surface area (Å²) in [6.07, 6.45) is 6.74. The number of carbonyl (C=O) groups excluding carboxylic acids is 1. The molecule has 1 N–H and O–H groups in total. The Morgan fingerprint density at radius 3 is 2.71 bits per heavy atom. The molecule has 0 bridgehead atoms. The Bertz CT molecular complexity index is 237. The third-order valence-corrected chi connectivity index (χ3v) is 4.56. The van der Waals surface area contributed by atoms with Crippen molar-refractivity contribution in [2.45, 2.75) is 56.3 Å². The highest BCUT2D eigenvalue weighted by atomic mass is 79.9. The van der Waals surface area contributed by atoms with Crippen LogP contribution >= 0.6 is 15.9 Å². The van der Waals surface area contributed by atoms with Crippen molar-refractivity contribution in [1.82, 2.24) is 5.32 Å². The summed E-state index contributed by atoms with van der Waals surface area (Å²) in [7, 11) is 0. The molecule has 2 saturated carbocycles. The van der Waals surface area contributed by atoms with Crippen molar-refractivity contribution in [3.8, 4) is 0 Å². The summed E-state index contributed by atoms with van der Waals surface area (Å²) in [5, 5.41) is 3.14. The van der Waals surface area contributed by atoms with Crippen molar-refractivity contribution in [1.29, 1.82) is 0 Å². The van der Waals surface area contributed by atoms with E-state index in [1.54, 1.807) is 0 Å². The highest BCUT2D eigenvalue weighted by Gasteiger charge is 2.39. The average Bonchev–Trinajstić information content (AvgIpc) is 2.67. The van der Waals surface area contributed by atoms with E-state index in [2.05, 4.69) is 28.2 Å². The van der Waals surface area contributed by atoms with Crippen molar-refractivity contribution < 1.29 is 4.79 Å². The van der Waals surface area contributed by atoms with E-state index in [0.29, 0.717) is 16.3 Å². The molecule has 3 heteroatoms. The van der Waals surface area contributed by atoms with Crippen LogP contribution in [0.4, 0.5) is 0 Å². The fourth-order valence-electron chi connectivity index (χ4n) is 2.11. The first-order chi connectivity index (χ1) is 6.59. The molecule has 2 aliphatic rings. The molecule has 2 atom stereocenters. The van der Waals surface area contributed by atoms with Gasteiger partial charge in [0.25, 0.3) is 0 Å². The standard InChI is InChI=1S/C11H18BrNO/c1-11(5-6-11)7-10(14)13-9-4-2-3-8(9)12/h8-9H,2-7H2,1H3,(H,13,14). The number of hydrogen-bond acceptors (Lipinski definition) is 1. The second-order valence-electron chi connectivity index (χ2n) is 5.11. The van der Waals surface area contributed by atoms with Crippen LogP contribution in [0.5, 0.6) is 0 Å². The predicted octanol–water partition coefficient (Wildman–Crippen LogP) is 2.61. The van der Waals surface area contributed by atoms with Crippen molar-refractivity contribution in [3.63, 3.8) is 0 Å². The van der Waals surface area contributed by atoms with Gasteiger partial charge in [0.2, 0.25) is 5.91 Å². The number of halogens is 1. The number of rotatable bonds is 3. The van der Waals surface area contributed by atoms with E-state index in [1.165, 1.54) is 25.7 Å². The van der Waals surface area contributed by atoms with Gasteiger partial charge in [0, 0.05) is 17.3 Å². The summed E-state index contributed by atoms with van der Waals surface area (Å²) in [6.45, 7) is 2.20. The highest BCUT2D eigenvalue weighted by molar-refractivity contribution is 9.09. The molecule has 0 saturated heterocycles. The maximum absolute atomic E-state index is 11.7. The second-order valence-corrected chi connectivity index (χ2v) is 6.28. The molecule has 0 heterocycles. The highest BCUT2D eigenvalue weighted by Crippen LogP contribution is 2.48. The first-order valence-corrected chi connectivity index (χ1v) is 6.44. The van der Waals surface area contributed by atoms with E-state index in [4.69, 9.17) is 0 Å². The molecule has 2 aliphatic carbocycles. The largest absolute Gasteiger partial charge is 0.352 e. The van der Waals surface area contributed by atoms with Gasteiger partial charge in [-0.1, -0.05) is 29.3 Å². The van der Waals surface area contributed by atoms with Crippen LogP contribution in [0.1, 0.15) is 45.4 Å². The van der Waals surface area contributed by atoms with Crippen LogP contribution in [0.15, 0.2) is 0 Å². The summed E-state index contributed by atoms with van der Waals surface area (Å²) in [6, 6.07) is 0.379. The van der Waals surface area contributed by atoms with Gasteiger partial charge in [-0.25, -0.2) is 0 Å². The van der Waals surface area contributed by atoms with Gasteiger partial charge in [0.05, 0.1) is 0 Å². The minimum atomic E-state index is 0.251. The molecule has 0 aromatic carbocycles. The molecule has 2 rings (SSSR count). The number of hydrogen-bond donors (Lipinski definition) is 1. The van der Waals surface area contributed by atoms with Crippen molar-refractivity contribution in [2.75, 3.05) is 0 Å². The Balaban J connectivity index is 1.76. The van der Waals surface area contributed by atoms with Crippen LogP contribution in [0.3, 0.4) is 0 Å². The number of amides is 1. The molecule has 14 heavy (non-hydrogen) atoms. The first kappa shape index (κ1) is 10.5. The van der Waals surface area contributed by atoms with E-state index >= 15 is 0 Å². The minimum Gasteiger partial charge on any atom is -0.352 e. The Hall–Kier alpha value is -0.0500. The maximum atomic E-state index is 11.7. The molecule has 2 fully saturated rings. The summed E-state index contributed by atoms with van der Waals surface area (Å²) < 4.78 is 0. The summed E-state index contributed by atoms with van der Waals surface area (Å²) in [4.78, 5) is 12.2. The predicted molar refractivity (Wildman–Crippen MR) is 60.5 cm³/mol. The molecule has 2 nitrogen and oxygen atoms in total. The zero-order valence-electron chi connectivity index (χ0n) is 8.68. The Morgan fingerprint density at radius 2 is 2.21 bits per heavy atom. The number of carbonyl (C=O) groups is 1. The molecule has 0 aliphatic heterocycles. The Kier molecular flexibility index (Phi) is 2.87. The lowest BCUT2D eigenvalue weighted by Gasteiger charge is -2.17. The second kappa shape index (κ2) is 3.84. The summed E-state index contributed by atoms with van der Waals surface area (Å²) >= 11 is 3.61. The van der Waals surface area contributed by atoms with Gasteiger partial charge in [-0.3, -0.25) is 4.79 Å². The molecule has 0 radical (unpaired) electrons. The smallest absolute Gasteiger partial charge is 0.220 e. The van der Waals surface area contributed by atoms with E-state index in [9.17, 15) is 4.79 Å². The third kappa shape index (κ3) is 2.50. The van der Waals surface area contributed by atoms with Crippen LogP contribution in [0.2, 0.25) is 0 Å². The van der Waals surface area contributed by atoms with E-state index < -0.39 is 0 Å². The fourth-order valence-corrected chi connectivity index (χ4v) is 2.83. The molecule has 1 amide bonds. The number of alkyl halides is 1. The van der Waals surface area contributed by atoms with Crippen LogP contribution in [0.25, 0.3) is 0 Å². The van der Waals surface area contributed by atoms with Gasteiger partial charge < -0.3 is 5.32 Å². The monoisotopic (exact) mass is 259 g/mol. The maximum Gasteiger partial charge on any atom is 0.220 e. The molecule has 0 aromatic rings. The summed E-state index contributed by atoms with van der Waals surface area (Å²) in [5.74, 6) is 0.251. The average molecular weight is 260 g/mol. The van der Waals surface area contributed by atoms with Crippen LogP contribution in [0, 0.1) is 5.41 Å². The lowest BCUT2D eigenvalue weighted by molar-refractivity contribution is -0.122. The quantitative estimate of drug-likeness (QED) is 0.776. The summed E-state index contributed by atoms with van der Waals surface area (Å²) in [5.41, 5.74) is 0.338. The van der Waals surface area contributed by atoms with Crippen molar-refractivity contribution >= 4 is 21.8 Å². The topological polar surface area (TPSA) is 29.1 Å². The third-order valence-electron chi connectivity index (χ3n) is 3.47. The van der Waals surface area contributed by atoms with Gasteiger partial charge in [-0.2, -0.15) is 0 Å². The number of nitrogens with one attached hydrogen (secondary N) is 1. The molecular formula is C11H18BrNO. The SMILES string of the molecule is CC1(CC(=O)NC2CCCC2Br)CC1. The van der Waals surface area contributed by atoms with Crippen molar-refractivity contribution in [2.24, 2.45) is 5.41 Å². The molecule has 2 unspecified atom stereocenters. The normalized spacial score (nSPS) is 34.1. The van der Waals surface area contributed by atoms with Gasteiger partial charge >= 0.3 is 0 Å². The van der Waals surface area contributed by atoms with E-state index in [0.717, 1.165) is 12.8 Å². The fraction of sp³-hybridized carbons (Fsp3) is 0.909. The van der Waals surface area contributed by atoms with Crippen LogP contribution in [-0.2, 0) is 4.79 Å². The van der Waals surface area contributed by atoms with Crippen LogP contribution in [-0.4, -0.2) is 16.8 Å². The lowest BCUT2D eigenvalue weighted by atomic mass is 10.1. The molecular weight excluding hydrogens is 242 g/mol. The molecule has 0 aromatic heterocycles. The van der Waals surface area contributed by atoms with Gasteiger partial charge in [0.1, 0.15) is 0 Å². The Labute approximate surface area is 94.0 Å².